The highest BCUT2D eigenvalue weighted by molar-refractivity contribution is 6.01. The number of Topliss-reactive ketones (excluding diaryl/α,β-unsaturated/α-hetero) is 1. The first-order valence-corrected chi connectivity index (χ1v) is 5.73. The van der Waals surface area contributed by atoms with Crippen LogP contribution in [-0.4, -0.2) is 30.1 Å². The maximum absolute atomic E-state index is 13.1. The van der Waals surface area contributed by atoms with E-state index in [1.807, 2.05) is 0 Å². The molecular formula is C13H13F3O4. The van der Waals surface area contributed by atoms with Gasteiger partial charge in [-0.15, -0.1) is 0 Å². The molecule has 0 amide bonds. The molecule has 20 heavy (non-hydrogen) atoms. The van der Waals surface area contributed by atoms with E-state index in [0.29, 0.717) is 6.07 Å². The average molecular weight is 290 g/mol. The molecular weight excluding hydrogens is 277 g/mol. The molecule has 2 atom stereocenters. The number of hydrogen-bond donors (Lipinski definition) is 1. The van der Waals surface area contributed by atoms with Gasteiger partial charge in [-0.2, -0.15) is 0 Å². The maximum atomic E-state index is 13.1. The van der Waals surface area contributed by atoms with Gasteiger partial charge < -0.3 is 9.84 Å². The molecule has 0 spiro atoms. The molecule has 2 unspecified atom stereocenters. The lowest BCUT2D eigenvalue weighted by Crippen LogP contribution is -2.27. The number of aliphatic hydroxyl groups excluding tert-OH is 1. The Morgan fingerprint density at radius 2 is 1.80 bits per heavy atom. The Morgan fingerprint density at radius 3 is 2.30 bits per heavy atom. The van der Waals surface area contributed by atoms with Gasteiger partial charge in [0.15, 0.2) is 5.78 Å². The van der Waals surface area contributed by atoms with Gasteiger partial charge >= 0.3 is 5.97 Å². The molecule has 0 heterocycles. The predicted molar refractivity (Wildman–Crippen MR) is 62.5 cm³/mol. The summed E-state index contributed by atoms with van der Waals surface area (Å²) in [7, 11) is 0.937. The van der Waals surface area contributed by atoms with Crippen molar-refractivity contribution in [2.45, 2.75) is 25.1 Å². The van der Waals surface area contributed by atoms with Gasteiger partial charge in [0.05, 0.1) is 13.2 Å². The summed E-state index contributed by atoms with van der Waals surface area (Å²) in [6, 6.07) is 2.45. The van der Waals surface area contributed by atoms with Crippen LogP contribution in [0, 0.1) is 11.6 Å². The Morgan fingerprint density at radius 1 is 1.25 bits per heavy atom. The van der Waals surface area contributed by atoms with Gasteiger partial charge in [0.25, 0.3) is 6.17 Å². The first-order valence-electron chi connectivity index (χ1n) is 5.73. The Balaban J connectivity index is 2.61. The SMILES string of the molecule is COC(=O)C(F)C(=O)CCC(O)c1cc(F)cc(F)c1. The van der Waals surface area contributed by atoms with Crippen LogP contribution in [0.3, 0.4) is 0 Å². The largest absolute Gasteiger partial charge is 0.467 e. The lowest BCUT2D eigenvalue weighted by molar-refractivity contribution is -0.150. The van der Waals surface area contributed by atoms with Crippen LogP contribution in [0.15, 0.2) is 18.2 Å². The number of ketones is 1. The minimum atomic E-state index is -2.42. The molecule has 7 heteroatoms. The second-order valence-electron chi connectivity index (χ2n) is 4.11. The fraction of sp³-hybridized carbons (Fsp3) is 0.385. The summed E-state index contributed by atoms with van der Waals surface area (Å²) in [5.74, 6) is -4.12. The molecule has 0 fully saturated rings. The highest BCUT2D eigenvalue weighted by atomic mass is 19.1. The zero-order valence-corrected chi connectivity index (χ0v) is 10.6. The second-order valence-corrected chi connectivity index (χ2v) is 4.11. The van der Waals surface area contributed by atoms with Crippen molar-refractivity contribution in [3.05, 3.63) is 35.4 Å². The minimum absolute atomic E-state index is 0.0659. The third-order valence-electron chi connectivity index (χ3n) is 2.62. The van der Waals surface area contributed by atoms with Gasteiger partial charge in [-0.25, -0.2) is 18.0 Å². The van der Waals surface area contributed by atoms with Gasteiger partial charge in [-0.3, -0.25) is 4.79 Å². The van der Waals surface area contributed by atoms with Gasteiger partial charge in [-0.05, 0) is 24.1 Å². The summed E-state index contributed by atoms with van der Waals surface area (Å²) in [6.45, 7) is 0. The average Bonchev–Trinajstić information content (AvgIpc) is 2.41. The zero-order valence-electron chi connectivity index (χ0n) is 10.6. The van der Waals surface area contributed by atoms with E-state index < -0.39 is 42.1 Å². The van der Waals surface area contributed by atoms with Crippen molar-refractivity contribution < 1.29 is 32.6 Å². The van der Waals surface area contributed by atoms with Crippen LogP contribution in [0.5, 0.6) is 0 Å². The molecule has 1 aromatic rings. The molecule has 1 aromatic carbocycles. The Labute approximate surface area is 113 Å². The number of ether oxygens (including phenoxy) is 1. The monoisotopic (exact) mass is 290 g/mol. The minimum Gasteiger partial charge on any atom is -0.467 e. The van der Waals surface area contributed by atoms with Gasteiger partial charge in [-0.1, -0.05) is 0 Å². The van der Waals surface area contributed by atoms with Crippen LogP contribution in [0.2, 0.25) is 0 Å². The van der Waals surface area contributed by atoms with Crippen molar-refractivity contribution in [1.29, 1.82) is 0 Å². The van der Waals surface area contributed by atoms with Crippen LogP contribution in [0.25, 0.3) is 0 Å². The number of hydrogen-bond acceptors (Lipinski definition) is 4. The fourth-order valence-corrected chi connectivity index (χ4v) is 1.57. The molecule has 0 saturated heterocycles. The molecule has 0 bridgehead atoms. The zero-order chi connectivity index (χ0) is 15.3. The molecule has 0 saturated carbocycles. The molecule has 0 radical (unpaired) electrons. The normalized spacial score (nSPS) is 13.7. The number of aliphatic hydroxyl groups is 1. The molecule has 1 N–H and O–H groups in total. The molecule has 0 aliphatic rings. The van der Waals surface area contributed by atoms with E-state index in [4.69, 9.17) is 0 Å². The molecule has 0 aliphatic carbocycles. The van der Waals surface area contributed by atoms with Crippen LogP contribution in [0.4, 0.5) is 13.2 Å². The smallest absolute Gasteiger partial charge is 0.348 e. The predicted octanol–water partition coefficient (Wildman–Crippen LogP) is 1.86. The van der Waals surface area contributed by atoms with Crippen molar-refractivity contribution in [2.75, 3.05) is 7.11 Å². The number of methoxy groups -OCH3 is 1. The van der Waals surface area contributed by atoms with E-state index in [0.717, 1.165) is 19.2 Å². The number of carbonyl (C=O) groups excluding carboxylic acids is 2. The molecule has 110 valence electrons. The van der Waals surface area contributed by atoms with Gasteiger partial charge in [0.2, 0.25) is 0 Å². The van der Waals surface area contributed by atoms with E-state index in [1.54, 1.807) is 0 Å². The molecule has 4 nitrogen and oxygen atoms in total. The summed E-state index contributed by atoms with van der Waals surface area (Å²) in [4.78, 5) is 22.1. The van der Waals surface area contributed by atoms with Crippen molar-refractivity contribution in [3.63, 3.8) is 0 Å². The number of halogens is 3. The van der Waals surface area contributed by atoms with Crippen LogP contribution in [-0.2, 0) is 14.3 Å². The van der Waals surface area contributed by atoms with E-state index in [-0.39, 0.29) is 12.0 Å². The van der Waals surface area contributed by atoms with Crippen molar-refractivity contribution in [1.82, 2.24) is 0 Å². The Hall–Kier alpha value is -1.89. The standard InChI is InChI=1S/C13H13F3O4/c1-20-13(19)12(16)11(18)3-2-10(17)7-4-8(14)6-9(15)5-7/h4-6,10,12,17H,2-3H2,1H3. The third kappa shape index (κ3) is 4.34. The van der Waals surface area contributed by atoms with Crippen molar-refractivity contribution in [2.24, 2.45) is 0 Å². The summed E-state index contributed by atoms with van der Waals surface area (Å²) in [5.41, 5.74) is -0.0659. The summed E-state index contributed by atoms with van der Waals surface area (Å²) < 4.78 is 43.1. The molecule has 1 rings (SSSR count). The second kappa shape index (κ2) is 7.04. The van der Waals surface area contributed by atoms with E-state index in [2.05, 4.69) is 4.74 Å². The van der Waals surface area contributed by atoms with Crippen LogP contribution >= 0.6 is 0 Å². The highest BCUT2D eigenvalue weighted by Gasteiger charge is 2.27. The maximum Gasteiger partial charge on any atom is 0.348 e. The summed E-state index contributed by atoms with van der Waals surface area (Å²) in [6.07, 6.45) is -4.49. The Bertz CT molecular complexity index is 484. The van der Waals surface area contributed by atoms with Crippen LogP contribution in [0.1, 0.15) is 24.5 Å². The first-order chi connectivity index (χ1) is 9.35. The quantitative estimate of drug-likeness (QED) is 0.641. The molecule has 0 aliphatic heterocycles. The van der Waals surface area contributed by atoms with E-state index >= 15 is 0 Å². The van der Waals surface area contributed by atoms with Gasteiger partial charge in [0, 0.05) is 12.5 Å². The molecule has 0 aromatic heterocycles. The fourth-order valence-electron chi connectivity index (χ4n) is 1.57. The highest BCUT2D eigenvalue weighted by Crippen LogP contribution is 2.21. The van der Waals surface area contributed by atoms with E-state index in [1.165, 1.54) is 0 Å². The van der Waals surface area contributed by atoms with E-state index in [9.17, 15) is 27.9 Å². The lowest BCUT2D eigenvalue weighted by Gasteiger charge is -2.11. The number of esters is 1. The van der Waals surface area contributed by atoms with Crippen molar-refractivity contribution >= 4 is 11.8 Å². The summed E-state index contributed by atoms with van der Waals surface area (Å²) in [5, 5.41) is 9.67. The number of alkyl halides is 1. The van der Waals surface area contributed by atoms with Crippen LogP contribution < -0.4 is 0 Å². The number of rotatable bonds is 6. The lowest BCUT2D eigenvalue weighted by atomic mass is 10.0. The topological polar surface area (TPSA) is 63.6 Å². The summed E-state index contributed by atoms with van der Waals surface area (Å²) >= 11 is 0. The Kier molecular flexibility index (Phi) is 5.69. The number of carbonyl (C=O) groups is 2. The first kappa shape index (κ1) is 16.2. The third-order valence-corrected chi connectivity index (χ3v) is 2.62. The van der Waals surface area contributed by atoms with Crippen molar-refractivity contribution in [3.8, 4) is 0 Å². The van der Waals surface area contributed by atoms with Gasteiger partial charge in [0.1, 0.15) is 11.6 Å². The number of benzene rings is 1.